The van der Waals surface area contributed by atoms with Gasteiger partial charge in [-0.2, -0.15) is 0 Å². The standard InChI is InChI=1S/C9H8N2O2/c10-9(11-12)8-5-6-3-1-2-4-7(6)13-8/h1-5,12H,(H2,10,11). The summed E-state index contributed by atoms with van der Waals surface area (Å²) < 4.78 is 5.30. The van der Waals surface area contributed by atoms with E-state index in [-0.39, 0.29) is 5.84 Å². The molecular formula is C9H8N2O2. The molecule has 4 heteroatoms. The number of furan rings is 1. The first-order valence-electron chi connectivity index (χ1n) is 3.78. The van der Waals surface area contributed by atoms with Crippen LogP contribution in [-0.4, -0.2) is 11.0 Å². The van der Waals surface area contributed by atoms with Gasteiger partial charge >= 0.3 is 0 Å². The molecule has 1 aromatic heterocycles. The highest BCUT2D eigenvalue weighted by atomic mass is 16.4. The van der Waals surface area contributed by atoms with E-state index in [0.29, 0.717) is 5.76 Å². The van der Waals surface area contributed by atoms with Crippen LogP contribution in [0.4, 0.5) is 0 Å². The summed E-state index contributed by atoms with van der Waals surface area (Å²) in [5, 5.41) is 12.2. The molecule has 0 aliphatic heterocycles. The van der Waals surface area contributed by atoms with Gasteiger partial charge in [-0.15, -0.1) is 0 Å². The van der Waals surface area contributed by atoms with Crippen LogP contribution in [0.3, 0.4) is 0 Å². The van der Waals surface area contributed by atoms with Crippen LogP contribution in [0.2, 0.25) is 0 Å². The summed E-state index contributed by atoms with van der Waals surface area (Å²) in [6, 6.07) is 9.21. The highest BCUT2D eigenvalue weighted by molar-refractivity contribution is 5.98. The van der Waals surface area contributed by atoms with Gasteiger partial charge in [0.2, 0.25) is 5.84 Å². The van der Waals surface area contributed by atoms with Crippen LogP contribution in [0.25, 0.3) is 11.0 Å². The average molecular weight is 176 g/mol. The molecule has 0 amide bonds. The molecular weight excluding hydrogens is 168 g/mol. The summed E-state index contributed by atoms with van der Waals surface area (Å²) in [7, 11) is 0. The van der Waals surface area contributed by atoms with Crippen LogP contribution in [-0.2, 0) is 0 Å². The number of amidine groups is 1. The van der Waals surface area contributed by atoms with E-state index < -0.39 is 0 Å². The van der Waals surface area contributed by atoms with E-state index in [4.69, 9.17) is 15.4 Å². The Morgan fingerprint density at radius 2 is 2.15 bits per heavy atom. The zero-order valence-corrected chi connectivity index (χ0v) is 6.77. The minimum absolute atomic E-state index is 0.0174. The maximum atomic E-state index is 8.42. The Hall–Kier alpha value is -1.97. The summed E-state index contributed by atoms with van der Waals surface area (Å²) in [5.74, 6) is 0.361. The van der Waals surface area contributed by atoms with Gasteiger partial charge in [0.15, 0.2) is 5.76 Å². The average Bonchev–Trinajstić information content (AvgIpc) is 2.59. The molecule has 1 aromatic carbocycles. The molecule has 66 valence electrons. The van der Waals surface area contributed by atoms with Gasteiger partial charge in [0.05, 0.1) is 0 Å². The Bertz CT molecular complexity index is 426. The number of nitrogens with two attached hydrogens (primary N) is 1. The molecule has 0 atom stereocenters. The van der Waals surface area contributed by atoms with Gasteiger partial charge in [-0.05, 0) is 12.1 Å². The minimum atomic E-state index is -0.0174. The summed E-state index contributed by atoms with van der Waals surface area (Å²) in [6.07, 6.45) is 0. The number of oxime groups is 1. The fourth-order valence-electron chi connectivity index (χ4n) is 1.16. The lowest BCUT2D eigenvalue weighted by atomic mass is 10.2. The van der Waals surface area contributed by atoms with Gasteiger partial charge in [0.25, 0.3) is 0 Å². The maximum absolute atomic E-state index is 8.42. The predicted molar refractivity (Wildman–Crippen MR) is 48.7 cm³/mol. The van der Waals surface area contributed by atoms with Gasteiger partial charge < -0.3 is 15.4 Å². The smallest absolute Gasteiger partial charge is 0.205 e. The van der Waals surface area contributed by atoms with Gasteiger partial charge in [-0.3, -0.25) is 0 Å². The molecule has 0 aliphatic rings. The second kappa shape index (κ2) is 2.82. The fraction of sp³-hybridized carbons (Fsp3) is 0. The van der Waals surface area contributed by atoms with Crippen LogP contribution in [0.1, 0.15) is 5.76 Å². The van der Waals surface area contributed by atoms with Gasteiger partial charge in [0, 0.05) is 5.39 Å². The molecule has 0 aliphatic carbocycles. The molecule has 0 bridgehead atoms. The van der Waals surface area contributed by atoms with Crippen molar-refractivity contribution in [2.45, 2.75) is 0 Å². The van der Waals surface area contributed by atoms with Crippen molar-refractivity contribution in [1.29, 1.82) is 0 Å². The van der Waals surface area contributed by atoms with Gasteiger partial charge in [-0.1, -0.05) is 23.4 Å². The van der Waals surface area contributed by atoms with E-state index in [1.54, 1.807) is 6.07 Å². The number of nitrogens with zero attached hydrogens (tertiary/aromatic N) is 1. The van der Waals surface area contributed by atoms with E-state index in [1.165, 1.54) is 0 Å². The van der Waals surface area contributed by atoms with E-state index in [9.17, 15) is 0 Å². The lowest BCUT2D eigenvalue weighted by Gasteiger charge is -1.88. The van der Waals surface area contributed by atoms with Crippen molar-refractivity contribution in [2.24, 2.45) is 10.9 Å². The van der Waals surface area contributed by atoms with Crippen molar-refractivity contribution in [1.82, 2.24) is 0 Å². The van der Waals surface area contributed by atoms with Gasteiger partial charge in [0.1, 0.15) is 5.58 Å². The highest BCUT2D eigenvalue weighted by Crippen LogP contribution is 2.18. The zero-order chi connectivity index (χ0) is 9.26. The fourth-order valence-corrected chi connectivity index (χ4v) is 1.16. The SMILES string of the molecule is N/C(=N/O)c1cc2ccccc2o1. The Kier molecular flexibility index (Phi) is 1.66. The molecule has 0 radical (unpaired) electrons. The van der Waals surface area contributed by atoms with Crippen LogP contribution < -0.4 is 5.73 Å². The van der Waals surface area contributed by atoms with Crippen molar-refractivity contribution in [3.05, 3.63) is 36.1 Å². The first-order chi connectivity index (χ1) is 6.31. The second-order valence-electron chi connectivity index (χ2n) is 2.63. The number of rotatable bonds is 1. The largest absolute Gasteiger partial charge is 0.453 e. The zero-order valence-electron chi connectivity index (χ0n) is 6.77. The topological polar surface area (TPSA) is 71.8 Å². The lowest BCUT2D eigenvalue weighted by molar-refractivity contribution is 0.317. The molecule has 1 heterocycles. The molecule has 3 N–H and O–H groups in total. The number of benzene rings is 1. The Morgan fingerprint density at radius 3 is 2.85 bits per heavy atom. The van der Waals surface area contributed by atoms with Crippen molar-refractivity contribution in [3.63, 3.8) is 0 Å². The summed E-state index contributed by atoms with van der Waals surface area (Å²) in [6.45, 7) is 0. The molecule has 13 heavy (non-hydrogen) atoms. The Balaban J connectivity index is 2.62. The van der Waals surface area contributed by atoms with Gasteiger partial charge in [-0.25, -0.2) is 0 Å². The maximum Gasteiger partial charge on any atom is 0.205 e. The third kappa shape index (κ3) is 1.22. The summed E-state index contributed by atoms with van der Waals surface area (Å²) in [5.41, 5.74) is 6.09. The molecule has 0 saturated heterocycles. The quantitative estimate of drug-likeness (QED) is 0.299. The second-order valence-corrected chi connectivity index (χ2v) is 2.63. The van der Waals surface area contributed by atoms with Crippen molar-refractivity contribution >= 4 is 16.8 Å². The molecule has 0 spiro atoms. The molecule has 0 saturated carbocycles. The predicted octanol–water partition coefficient (Wildman–Crippen LogP) is 1.53. The van der Waals surface area contributed by atoms with Crippen molar-refractivity contribution in [2.75, 3.05) is 0 Å². The number of hydrogen-bond acceptors (Lipinski definition) is 3. The first-order valence-corrected chi connectivity index (χ1v) is 3.78. The first kappa shape index (κ1) is 7.67. The van der Waals surface area contributed by atoms with E-state index in [1.807, 2.05) is 24.3 Å². The summed E-state index contributed by atoms with van der Waals surface area (Å²) >= 11 is 0. The third-order valence-corrected chi connectivity index (χ3v) is 1.79. The van der Waals surface area contributed by atoms with E-state index in [2.05, 4.69) is 5.16 Å². The third-order valence-electron chi connectivity index (χ3n) is 1.79. The molecule has 2 rings (SSSR count). The Morgan fingerprint density at radius 1 is 1.38 bits per heavy atom. The number of para-hydroxylation sites is 1. The normalized spacial score (nSPS) is 12.2. The molecule has 4 nitrogen and oxygen atoms in total. The number of fused-ring (bicyclic) bond motifs is 1. The van der Waals surface area contributed by atoms with Crippen LogP contribution in [0.15, 0.2) is 39.9 Å². The van der Waals surface area contributed by atoms with Crippen LogP contribution >= 0.6 is 0 Å². The Labute approximate surface area is 74.3 Å². The van der Waals surface area contributed by atoms with E-state index in [0.717, 1.165) is 11.0 Å². The summed E-state index contributed by atoms with van der Waals surface area (Å²) in [4.78, 5) is 0. The van der Waals surface area contributed by atoms with Crippen LogP contribution in [0, 0.1) is 0 Å². The van der Waals surface area contributed by atoms with Crippen molar-refractivity contribution < 1.29 is 9.62 Å². The highest BCUT2D eigenvalue weighted by Gasteiger charge is 2.06. The molecule has 0 fully saturated rings. The van der Waals surface area contributed by atoms with Crippen LogP contribution in [0.5, 0.6) is 0 Å². The minimum Gasteiger partial charge on any atom is -0.453 e. The van der Waals surface area contributed by atoms with Crippen molar-refractivity contribution in [3.8, 4) is 0 Å². The number of hydrogen-bond donors (Lipinski definition) is 2. The monoisotopic (exact) mass is 176 g/mol. The molecule has 0 unspecified atom stereocenters. The molecule has 2 aromatic rings. The van der Waals surface area contributed by atoms with E-state index >= 15 is 0 Å². The lowest BCUT2D eigenvalue weighted by Crippen LogP contribution is -2.11.